The number of hydrogen-bond donors (Lipinski definition) is 2. The van der Waals surface area contributed by atoms with E-state index in [4.69, 9.17) is 5.11 Å². The van der Waals surface area contributed by atoms with Gasteiger partial charge in [-0.2, -0.15) is 5.10 Å². The van der Waals surface area contributed by atoms with E-state index in [0.29, 0.717) is 5.92 Å². The predicted octanol–water partition coefficient (Wildman–Crippen LogP) is 2.04. The van der Waals surface area contributed by atoms with Crippen molar-refractivity contribution in [3.8, 4) is 0 Å². The van der Waals surface area contributed by atoms with Gasteiger partial charge in [-0.15, -0.1) is 0 Å². The van der Waals surface area contributed by atoms with E-state index in [1.165, 1.54) is 5.56 Å². The number of nitrogens with one attached hydrogen (secondary N) is 1. The van der Waals surface area contributed by atoms with Crippen LogP contribution in [0.25, 0.3) is 0 Å². The summed E-state index contributed by atoms with van der Waals surface area (Å²) in [6.07, 6.45) is 2.12. The molecule has 0 amide bonds. The largest absolute Gasteiger partial charge is 0.481 e. The molecular formula is C11H16N2O2. The van der Waals surface area contributed by atoms with Gasteiger partial charge < -0.3 is 5.11 Å². The zero-order chi connectivity index (χ0) is 11.0. The molecule has 0 spiro atoms. The lowest BCUT2D eigenvalue weighted by atomic mass is 10.0. The number of fused-ring (bicyclic) bond motifs is 1. The lowest BCUT2D eigenvalue weighted by Gasteiger charge is -2.03. The molecule has 0 radical (unpaired) electrons. The summed E-state index contributed by atoms with van der Waals surface area (Å²) in [4.78, 5) is 10.7. The zero-order valence-corrected chi connectivity index (χ0v) is 9.08. The highest BCUT2D eigenvalue weighted by molar-refractivity contribution is 5.68. The molecule has 0 aliphatic heterocycles. The van der Waals surface area contributed by atoms with Gasteiger partial charge in [-0.1, -0.05) is 13.8 Å². The summed E-state index contributed by atoms with van der Waals surface area (Å²) in [5, 5.41) is 16.1. The number of aromatic nitrogens is 2. The Morgan fingerprint density at radius 2 is 2.40 bits per heavy atom. The summed E-state index contributed by atoms with van der Waals surface area (Å²) >= 11 is 0. The number of carboxylic acid groups (broad SMARTS) is 1. The van der Waals surface area contributed by atoms with E-state index in [0.717, 1.165) is 24.2 Å². The molecular weight excluding hydrogens is 192 g/mol. The first-order valence-corrected chi connectivity index (χ1v) is 5.38. The third-order valence-electron chi connectivity index (χ3n) is 3.05. The van der Waals surface area contributed by atoms with Gasteiger partial charge in [0.2, 0.25) is 0 Å². The molecule has 0 saturated carbocycles. The minimum absolute atomic E-state index is 0.137. The number of hydrogen-bond acceptors (Lipinski definition) is 2. The first-order valence-electron chi connectivity index (χ1n) is 5.38. The first-order chi connectivity index (χ1) is 7.09. The Labute approximate surface area is 88.7 Å². The fraction of sp³-hybridized carbons (Fsp3) is 0.636. The molecule has 1 atom stereocenters. The fourth-order valence-electron chi connectivity index (χ4n) is 2.35. The molecule has 2 N–H and O–H groups in total. The van der Waals surface area contributed by atoms with Gasteiger partial charge in [-0.05, 0) is 24.3 Å². The molecule has 15 heavy (non-hydrogen) atoms. The van der Waals surface area contributed by atoms with E-state index in [1.807, 2.05) is 0 Å². The minimum Gasteiger partial charge on any atom is -0.481 e. The summed E-state index contributed by atoms with van der Waals surface area (Å²) in [5.41, 5.74) is 3.43. The molecule has 1 aromatic heterocycles. The van der Waals surface area contributed by atoms with Gasteiger partial charge >= 0.3 is 5.97 Å². The van der Waals surface area contributed by atoms with E-state index in [1.54, 1.807) is 0 Å². The second-order valence-corrected chi connectivity index (χ2v) is 4.49. The summed E-state index contributed by atoms with van der Waals surface area (Å²) in [6.45, 7) is 4.22. The van der Waals surface area contributed by atoms with Gasteiger partial charge in [-0.25, -0.2) is 0 Å². The van der Waals surface area contributed by atoms with E-state index < -0.39 is 5.97 Å². The monoisotopic (exact) mass is 208 g/mol. The van der Waals surface area contributed by atoms with E-state index >= 15 is 0 Å². The molecule has 1 heterocycles. The maximum Gasteiger partial charge on any atom is 0.304 e. The predicted molar refractivity (Wildman–Crippen MR) is 56.0 cm³/mol. The van der Waals surface area contributed by atoms with Gasteiger partial charge in [0.1, 0.15) is 0 Å². The Morgan fingerprint density at radius 1 is 1.67 bits per heavy atom. The van der Waals surface area contributed by atoms with Crippen LogP contribution in [0.1, 0.15) is 55.5 Å². The van der Waals surface area contributed by atoms with Crippen LogP contribution in [-0.2, 0) is 11.2 Å². The van der Waals surface area contributed by atoms with Crippen LogP contribution in [-0.4, -0.2) is 21.3 Å². The number of H-pyrrole nitrogens is 1. The average molecular weight is 208 g/mol. The lowest BCUT2D eigenvalue weighted by molar-refractivity contribution is -0.137. The van der Waals surface area contributed by atoms with Crippen molar-refractivity contribution in [2.75, 3.05) is 0 Å². The maximum atomic E-state index is 10.7. The van der Waals surface area contributed by atoms with Crippen molar-refractivity contribution in [2.45, 2.75) is 44.9 Å². The Balaban J connectivity index is 2.25. The van der Waals surface area contributed by atoms with Gasteiger partial charge in [0.05, 0.1) is 12.1 Å². The SMILES string of the molecule is CC(C)c1n[nH]c2c1CCC2CC(=O)O. The van der Waals surface area contributed by atoms with Gasteiger partial charge in [0, 0.05) is 11.6 Å². The third kappa shape index (κ3) is 1.76. The molecule has 0 aromatic carbocycles. The van der Waals surface area contributed by atoms with Crippen LogP contribution in [0.2, 0.25) is 0 Å². The molecule has 1 aromatic rings. The second kappa shape index (κ2) is 3.68. The number of aromatic amines is 1. The Morgan fingerprint density at radius 3 is 3.00 bits per heavy atom. The van der Waals surface area contributed by atoms with Gasteiger partial charge in [-0.3, -0.25) is 9.89 Å². The maximum absolute atomic E-state index is 10.7. The molecule has 4 heteroatoms. The van der Waals surface area contributed by atoms with Crippen molar-refractivity contribution < 1.29 is 9.90 Å². The average Bonchev–Trinajstić information content (AvgIpc) is 2.66. The lowest BCUT2D eigenvalue weighted by Crippen LogP contribution is -2.03. The Hall–Kier alpha value is -1.32. The van der Waals surface area contributed by atoms with Crippen LogP contribution in [0.4, 0.5) is 0 Å². The van der Waals surface area contributed by atoms with Crippen LogP contribution < -0.4 is 0 Å². The number of carbonyl (C=O) groups is 1. The Kier molecular flexibility index (Phi) is 2.50. The quantitative estimate of drug-likeness (QED) is 0.798. The van der Waals surface area contributed by atoms with Crippen LogP contribution in [0.5, 0.6) is 0 Å². The molecule has 82 valence electrons. The zero-order valence-electron chi connectivity index (χ0n) is 9.08. The third-order valence-corrected chi connectivity index (χ3v) is 3.05. The van der Waals surface area contributed by atoms with E-state index in [9.17, 15) is 4.79 Å². The molecule has 0 fully saturated rings. The van der Waals surface area contributed by atoms with Gasteiger partial charge in [0.25, 0.3) is 0 Å². The smallest absolute Gasteiger partial charge is 0.304 e. The molecule has 2 rings (SSSR count). The highest BCUT2D eigenvalue weighted by Crippen LogP contribution is 2.37. The van der Waals surface area contributed by atoms with Crippen LogP contribution in [0.3, 0.4) is 0 Å². The molecule has 4 nitrogen and oxygen atoms in total. The van der Waals surface area contributed by atoms with Crippen LogP contribution in [0.15, 0.2) is 0 Å². The summed E-state index contributed by atoms with van der Waals surface area (Å²) in [5.74, 6) is -0.181. The second-order valence-electron chi connectivity index (χ2n) is 4.49. The van der Waals surface area contributed by atoms with Gasteiger partial charge in [0.15, 0.2) is 0 Å². The number of carboxylic acids is 1. The molecule has 1 aliphatic rings. The minimum atomic E-state index is -0.728. The summed E-state index contributed by atoms with van der Waals surface area (Å²) in [7, 11) is 0. The number of nitrogens with zero attached hydrogens (tertiary/aromatic N) is 1. The van der Waals surface area contributed by atoms with Crippen molar-refractivity contribution >= 4 is 5.97 Å². The molecule has 0 bridgehead atoms. The number of rotatable bonds is 3. The normalized spacial score (nSPS) is 19.5. The Bertz CT molecular complexity index is 382. The molecule has 0 saturated heterocycles. The van der Waals surface area contributed by atoms with Crippen molar-refractivity contribution in [3.05, 3.63) is 17.0 Å². The van der Waals surface area contributed by atoms with Crippen molar-refractivity contribution in [1.29, 1.82) is 0 Å². The standard InChI is InChI=1S/C11H16N2O2/c1-6(2)10-8-4-3-7(5-9(14)15)11(8)13-12-10/h6-7H,3-5H2,1-2H3,(H,12,13)(H,14,15). The first kappa shape index (κ1) is 10.2. The van der Waals surface area contributed by atoms with Crippen LogP contribution in [0, 0.1) is 0 Å². The number of aliphatic carboxylic acids is 1. The van der Waals surface area contributed by atoms with Crippen LogP contribution >= 0.6 is 0 Å². The highest BCUT2D eigenvalue weighted by Gasteiger charge is 2.29. The molecule has 1 aliphatic carbocycles. The van der Waals surface area contributed by atoms with E-state index in [-0.39, 0.29) is 12.3 Å². The fourth-order valence-corrected chi connectivity index (χ4v) is 2.35. The van der Waals surface area contributed by atoms with Crippen molar-refractivity contribution in [1.82, 2.24) is 10.2 Å². The highest BCUT2D eigenvalue weighted by atomic mass is 16.4. The summed E-state index contributed by atoms with van der Waals surface area (Å²) < 4.78 is 0. The van der Waals surface area contributed by atoms with E-state index in [2.05, 4.69) is 24.0 Å². The van der Waals surface area contributed by atoms with Crippen molar-refractivity contribution in [2.24, 2.45) is 0 Å². The topological polar surface area (TPSA) is 66.0 Å². The summed E-state index contributed by atoms with van der Waals surface area (Å²) in [6, 6.07) is 0. The van der Waals surface area contributed by atoms with Crippen molar-refractivity contribution in [3.63, 3.8) is 0 Å². The molecule has 1 unspecified atom stereocenters.